The normalized spacial score (nSPS) is 29.4. The first-order chi connectivity index (χ1) is 10.1. The van der Waals surface area contributed by atoms with Gasteiger partial charge in [-0.15, -0.1) is 0 Å². The van der Waals surface area contributed by atoms with Gasteiger partial charge in [-0.3, -0.25) is 4.90 Å². The molecular formula is C17H36N4. The number of rotatable bonds is 6. The van der Waals surface area contributed by atoms with Crippen molar-refractivity contribution in [3.63, 3.8) is 0 Å². The molecule has 2 rings (SSSR count). The first-order valence-electron chi connectivity index (χ1n) is 8.95. The monoisotopic (exact) mass is 296 g/mol. The Kier molecular flexibility index (Phi) is 6.48. The molecule has 2 saturated heterocycles. The molecule has 4 heteroatoms. The van der Waals surface area contributed by atoms with Gasteiger partial charge in [-0.1, -0.05) is 0 Å². The summed E-state index contributed by atoms with van der Waals surface area (Å²) in [6, 6.07) is 0.661. The van der Waals surface area contributed by atoms with Crippen LogP contribution in [0.4, 0.5) is 0 Å². The van der Waals surface area contributed by atoms with Gasteiger partial charge < -0.3 is 15.5 Å². The van der Waals surface area contributed by atoms with Crippen LogP contribution in [-0.4, -0.2) is 79.1 Å². The molecule has 1 unspecified atom stereocenters. The van der Waals surface area contributed by atoms with Crippen LogP contribution < -0.4 is 5.73 Å². The molecule has 2 aliphatic heterocycles. The van der Waals surface area contributed by atoms with Gasteiger partial charge in [0.25, 0.3) is 0 Å². The van der Waals surface area contributed by atoms with Crippen molar-refractivity contribution in [2.45, 2.75) is 57.5 Å². The Morgan fingerprint density at radius 3 is 2.38 bits per heavy atom. The minimum absolute atomic E-state index is 0.226. The Balaban J connectivity index is 1.89. The summed E-state index contributed by atoms with van der Waals surface area (Å²) in [4.78, 5) is 7.80. The zero-order valence-corrected chi connectivity index (χ0v) is 14.5. The lowest BCUT2D eigenvalue weighted by Gasteiger charge is -2.41. The molecule has 0 aliphatic carbocycles. The maximum Gasteiger partial charge on any atom is 0.0341 e. The Hall–Kier alpha value is -0.160. The molecule has 124 valence electrons. The number of likely N-dealkylation sites (N-methyl/N-ethyl adjacent to an activating group) is 1. The minimum atomic E-state index is 0.226. The third-order valence-electron chi connectivity index (χ3n) is 5.82. The first kappa shape index (κ1) is 17.2. The summed E-state index contributed by atoms with van der Waals surface area (Å²) in [6.45, 7) is 12.8. The molecule has 0 spiro atoms. The van der Waals surface area contributed by atoms with E-state index in [4.69, 9.17) is 5.73 Å². The van der Waals surface area contributed by atoms with Gasteiger partial charge in [-0.25, -0.2) is 0 Å². The maximum absolute atomic E-state index is 6.24. The number of hydrogen-bond donors (Lipinski definition) is 1. The van der Waals surface area contributed by atoms with Gasteiger partial charge in [0.1, 0.15) is 0 Å². The van der Waals surface area contributed by atoms with Gasteiger partial charge in [-0.2, -0.15) is 0 Å². The summed E-state index contributed by atoms with van der Waals surface area (Å²) in [5.41, 5.74) is 6.47. The Labute approximate surface area is 131 Å². The molecule has 0 bridgehead atoms. The third kappa shape index (κ3) is 4.41. The zero-order valence-electron chi connectivity index (χ0n) is 14.5. The van der Waals surface area contributed by atoms with Crippen LogP contribution in [-0.2, 0) is 0 Å². The van der Waals surface area contributed by atoms with Crippen molar-refractivity contribution in [2.24, 2.45) is 5.73 Å². The van der Waals surface area contributed by atoms with Crippen LogP contribution in [0.3, 0.4) is 0 Å². The molecule has 2 aliphatic rings. The van der Waals surface area contributed by atoms with Gasteiger partial charge in [0.05, 0.1) is 0 Å². The van der Waals surface area contributed by atoms with Crippen LogP contribution >= 0.6 is 0 Å². The fraction of sp³-hybridized carbons (Fsp3) is 1.00. The third-order valence-corrected chi connectivity index (χ3v) is 5.82. The van der Waals surface area contributed by atoms with E-state index in [1.807, 2.05) is 0 Å². The molecule has 2 N–H and O–H groups in total. The molecule has 0 amide bonds. The molecule has 21 heavy (non-hydrogen) atoms. The predicted octanol–water partition coefficient (Wildman–Crippen LogP) is 1.61. The van der Waals surface area contributed by atoms with E-state index in [1.165, 1.54) is 71.4 Å². The van der Waals surface area contributed by atoms with E-state index in [-0.39, 0.29) is 5.54 Å². The van der Waals surface area contributed by atoms with Gasteiger partial charge >= 0.3 is 0 Å². The lowest BCUT2D eigenvalue weighted by Crippen LogP contribution is -2.54. The second kappa shape index (κ2) is 7.91. The lowest BCUT2D eigenvalue weighted by molar-refractivity contribution is 0.0939. The lowest BCUT2D eigenvalue weighted by atomic mass is 9.89. The number of nitrogens with two attached hydrogens (primary N) is 1. The van der Waals surface area contributed by atoms with Crippen LogP contribution in [0.15, 0.2) is 0 Å². The van der Waals surface area contributed by atoms with Gasteiger partial charge in [0.15, 0.2) is 0 Å². The molecule has 0 aromatic rings. The van der Waals surface area contributed by atoms with Crippen LogP contribution in [0, 0.1) is 0 Å². The van der Waals surface area contributed by atoms with Crippen LogP contribution in [0.25, 0.3) is 0 Å². The van der Waals surface area contributed by atoms with Crippen molar-refractivity contribution < 1.29 is 0 Å². The van der Waals surface area contributed by atoms with Crippen molar-refractivity contribution >= 4 is 0 Å². The Bertz CT molecular complexity index is 301. The van der Waals surface area contributed by atoms with Crippen LogP contribution in [0.2, 0.25) is 0 Å². The zero-order chi connectivity index (χ0) is 15.3. The highest BCUT2D eigenvalue weighted by molar-refractivity contribution is 4.94. The summed E-state index contributed by atoms with van der Waals surface area (Å²) in [5.74, 6) is 0. The standard InChI is InChI=1S/C17H36N4/c1-16(2)21-11-6-7-17(15-18,8-12-21)19(3)13-14-20-9-4-5-10-20/h16H,4-15,18H2,1-3H3. The molecular weight excluding hydrogens is 260 g/mol. The van der Waals surface area contributed by atoms with E-state index in [1.54, 1.807) is 0 Å². The maximum atomic E-state index is 6.24. The quantitative estimate of drug-likeness (QED) is 0.808. The van der Waals surface area contributed by atoms with E-state index >= 15 is 0 Å². The van der Waals surface area contributed by atoms with Gasteiger partial charge in [-0.05, 0) is 72.6 Å². The Morgan fingerprint density at radius 2 is 1.76 bits per heavy atom. The summed E-state index contributed by atoms with van der Waals surface area (Å²) < 4.78 is 0. The molecule has 1 atom stereocenters. The smallest absolute Gasteiger partial charge is 0.0341 e. The summed E-state index contributed by atoms with van der Waals surface area (Å²) in [5, 5.41) is 0. The molecule has 0 radical (unpaired) electrons. The second-order valence-electron chi connectivity index (χ2n) is 7.38. The summed E-state index contributed by atoms with van der Waals surface area (Å²) >= 11 is 0. The number of likely N-dealkylation sites (tertiary alicyclic amines) is 2. The topological polar surface area (TPSA) is 35.7 Å². The van der Waals surface area contributed by atoms with Gasteiger partial charge in [0.2, 0.25) is 0 Å². The highest BCUT2D eigenvalue weighted by Crippen LogP contribution is 2.28. The minimum Gasteiger partial charge on any atom is -0.329 e. The Morgan fingerprint density at radius 1 is 1.05 bits per heavy atom. The molecule has 0 saturated carbocycles. The highest BCUT2D eigenvalue weighted by atomic mass is 15.2. The van der Waals surface area contributed by atoms with Crippen molar-refractivity contribution in [1.29, 1.82) is 0 Å². The number of nitrogens with zero attached hydrogens (tertiary/aromatic N) is 3. The molecule has 0 aromatic heterocycles. The molecule has 2 fully saturated rings. The molecule has 4 nitrogen and oxygen atoms in total. The van der Waals surface area contributed by atoms with Crippen LogP contribution in [0.1, 0.15) is 46.0 Å². The fourth-order valence-corrected chi connectivity index (χ4v) is 3.99. The van der Waals surface area contributed by atoms with E-state index in [9.17, 15) is 0 Å². The van der Waals surface area contributed by atoms with Crippen molar-refractivity contribution in [3.05, 3.63) is 0 Å². The largest absolute Gasteiger partial charge is 0.329 e. The predicted molar refractivity (Wildman–Crippen MR) is 90.6 cm³/mol. The van der Waals surface area contributed by atoms with E-state index in [0.29, 0.717) is 6.04 Å². The highest BCUT2D eigenvalue weighted by Gasteiger charge is 2.35. The number of hydrogen-bond acceptors (Lipinski definition) is 4. The second-order valence-corrected chi connectivity index (χ2v) is 7.38. The van der Waals surface area contributed by atoms with Gasteiger partial charge in [0, 0.05) is 37.8 Å². The summed E-state index contributed by atoms with van der Waals surface area (Å²) in [7, 11) is 2.30. The average Bonchev–Trinajstić information content (AvgIpc) is 2.89. The van der Waals surface area contributed by atoms with Crippen LogP contribution in [0.5, 0.6) is 0 Å². The SMILES string of the molecule is CC(C)N1CCCC(CN)(N(C)CCN2CCCC2)CC1. The van der Waals surface area contributed by atoms with Crippen molar-refractivity contribution in [3.8, 4) is 0 Å². The van der Waals surface area contributed by atoms with Crippen molar-refractivity contribution in [2.75, 3.05) is 52.9 Å². The fourth-order valence-electron chi connectivity index (χ4n) is 3.99. The van der Waals surface area contributed by atoms with E-state index < -0.39 is 0 Å². The van der Waals surface area contributed by atoms with Crippen molar-refractivity contribution in [1.82, 2.24) is 14.7 Å². The molecule has 2 heterocycles. The average molecular weight is 297 g/mol. The molecule has 0 aromatic carbocycles. The van der Waals surface area contributed by atoms with E-state index in [0.717, 1.165) is 6.54 Å². The summed E-state index contributed by atoms with van der Waals surface area (Å²) in [6.07, 6.45) is 6.52. The van der Waals surface area contributed by atoms with E-state index in [2.05, 4.69) is 35.6 Å². The first-order valence-corrected chi connectivity index (χ1v) is 8.95.